The Morgan fingerprint density at radius 3 is 2.36 bits per heavy atom. The molecule has 2 rings (SSSR count). The lowest BCUT2D eigenvalue weighted by atomic mass is 10.1. The molecule has 6 nitrogen and oxygen atoms in total. The first-order chi connectivity index (χ1) is 11.6. The largest absolute Gasteiger partial charge is 0.352 e. The predicted molar refractivity (Wildman–Crippen MR) is 99.4 cm³/mol. The Morgan fingerprint density at radius 1 is 1.20 bits per heavy atom. The molecule has 2 N–H and O–H groups in total. The molecule has 136 valence electrons. The molecule has 8 heteroatoms. The van der Waals surface area contributed by atoms with Gasteiger partial charge >= 0.3 is 0 Å². The van der Waals surface area contributed by atoms with Crippen LogP contribution in [-0.4, -0.2) is 31.4 Å². The van der Waals surface area contributed by atoms with Gasteiger partial charge in [-0.2, -0.15) is 0 Å². The minimum Gasteiger partial charge on any atom is -0.352 e. The Labute approximate surface area is 152 Å². The number of aromatic nitrogens is 1. The number of nitrogens with zero attached hydrogens (tertiary/aromatic N) is 1. The van der Waals surface area contributed by atoms with Crippen molar-refractivity contribution < 1.29 is 13.2 Å². The molecule has 0 saturated carbocycles. The molecule has 1 aromatic carbocycles. The first-order valence-corrected chi connectivity index (χ1v) is 10.3. The number of nitrogens with one attached hydrogen (secondary N) is 2. The minimum absolute atomic E-state index is 0.136. The van der Waals surface area contributed by atoms with Crippen molar-refractivity contribution in [1.82, 2.24) is 15.0 Å². The van der Waals surface area contributed by atoms with Crippen molar-refractivity contribution in [2.75, 3.05) is 6.54 Å². The van der Waals surface area contributed by atoms with E-state index in [9.17, 15) is 13.2 Å². The van der Waals surface area contributed by atoms with Crippen LogP contribution in [0.3, 0.4) is 0 Å². The van der Waals surface area contributed by atoms with Crippen LogP contribution in [0.4, 0.5) is 0 Å². The quantitative estimate of drug-likeness (QED) is 0.805. The van der Waals surface area contributed by atoms with Crippen molar-refractivity contribution in [2.45, 2.75) is 44.6 Å². The van der Waals surface area contributed by atoms with Gasteiger partial charge in [-0.25, -0.2) is 18.1 Å². The molecule has 0 aliphatic carbocycles. The lowest BCUT2D eigenvalue weighted by Crippen LogP contribution is -2.40. The average Bonchev–Trinajstić information content (AvgIpc) is 2.90. The van der Waals surface area contributed by atoms with Crippen molar-refractivity contribution in [3.8, 4) is 0 Å². The van der Waals surface area contributed by atoms with Gasteiger partial charge in [0, 0.05) is 29.4 Å². The van der Waals surface area contributed by atoms with Crippen LogP contribution in [0.15, 0.2) is 34.5 Å². The van der Waals surface area contributed by atoms with Gasteiger partial charge in [0.15, 0.2) is 0 Å². The lowest BCUT2D eigenvalue weighted by Gasteiger charge is -2.20. The summed E-state index contributed by atoms with van der Waals surface area (Å²) in [6.07, 6.45) is 0.665. The maximum Gasteiger partial charge on any atom is 0.251 e. The number of carbonyl (C=O) groups excluding carboxylic acids is 1. The molecule has 0 aliphatic rings. The summed E-state index contributed by atoms with van der Waals surface area (Å²) in [5, 5.41) is 5.79. The summed E-state index contributed by atoms with van der Waals surface area (Å²) in [5.41, 5.74) is 0.810. The standard InChI is InChI=1S/C17H23N3O3S2/c1-12-19-14(11-24-12)9-10-18-16(21)13-5-7-15(8-6-13)25(22,23)20-17(2,3)4/h5-8,11,20H,9-10H2,1-4H3,(H,18,21). The smallest absolute Gasteiger partial charge is 0.251 e. The molecular formula is C17H23N3O3S2. The van der Waals surface area contributed by atoms with E-state index >= 15 is 0 Å². The van der Waals surface area contributed by atoms with E-state index in [0.717, 1.165) is 10.7 Å². The van der Waals surface area contributed by atoms with E-state index in [4.69, 9.17) is 0 Å². The Bertz CT molecular complexity index is 835. The van der Waals surface area contributed by atoms with Crippen molar-refractivity contribution in [3.05, 3.63) is 45.9 Å². The van der Waals surface area contributed by atoms with E-state index in [1.54, 1.807) is 32.1 Å². The van der Waals surface area contributed by atoms with E-state index in [0.29, 0.717) is 18.5 Å². The number of benzene rings is 1. The van der Waals surface area contributed by atoms with Crippen LogP contribution in [-0.2, 0) is 16.4 Å². The molecule has 0 aliphatic heterocycles. The molecule has 0 fully saturated rings. The molecule has 25 heavy (non-hydrogen) atoms. The topological polar surface area (TPSA) is 88.2 Å². The van der Waals surface area contributed by atoms with Crippen LogP contribution >= 0.6 is 11.3 Å². The summed E-state index contributed by atoms with van der Waals surface area (Å²) in [6.45, 7) is 7.74. The zero-order valence-electron chi connectivity index (χ0n) is 14.8. The normalized spacial score (nSPS) is 12.2. The van der Waals surface area contributed by atoms with E-state index in [-0.39, 0.29) is 10.8 Å². The summed E-state index contributed by atoms with van der Waals surface area (Å²) >= 11 is 1.58. The lowest BCUT2D eigenvalue weighted by molar-refractivity contribution is 0.0954. The van der Waals surface area contributed by atoms with Crippen molar-refractivity contribution in [3.63, 3.8) is 0 Å². The van der Waals surface area contributed by atoms with E-state index in [2.05, 4.69) is 15.0 Å². The molecule has 1 aromatic heterocycles. The van der Waals surface area contributed by atoms with Crippen molar-refractivity contribution in [2.24, 2.45) is 0 Å². The SMILES string of the molecule is Cc1nc(CCNC(=O)c2ccc(S(=O)(=O)NC(C)(C)C)cc2)cs1. The van der Waals surface area contributed by atoms with Crippen LogP contribution in [0.25, 0.3) is 0 Å². The monoisotopic (exact) mass is 381 g/mol. The van der Waals surface area contributed by atoms with Gasteiger partial charge in [-0.05, 0) is 52.0 Å². The number of hydrogen-bond acceptors (Lipinski definition) is 5. The highest BCUT2D eigenvalue weighted by Crippen LogP contribution is 2.14. The summed E-state index contributed by atoms with van der Waals surface area (Å²) in [5.74, 6) is -0.236. The molecule has 0 spiro atoms. The Kier molecular flexibility index (Phi) is 5.97. The fourth-order valence-corrected chi connectivity index (χ4v) is 4.24. The maximum absolute atomic E-state index is 12.2. The Morgan fingerprint density at radius 2 is 1.84 bits per heavy atom. The summed E-state index contributed by atoms with van der Waals surface area (Å²) in [6, 6.07) is 5.90. The van der Waals surface area contributed by atoms with Crippen molar-refractivity contribution >= 4 is 27.3 Å². The number of aryl methyl sites for hydroxylation is 1. The summed E-state index contributed by atoms with van der Waals surface area (Å²) in [7, 11) is -3.60. The fourth-order valence-electron chi connectivity index (χ4n) is 2.18. The molecule has 1 amide bonds. The third-order valence-corrected chi connectivity index (χ3v) is 5.80. The molecule has 0 saturated heterocycles. The number of thiazole rings is 1. The van der Waals surface area contributed by atoms with Gasteiger partial charge in [0.2, 0.25) is 10.0 Å². The zero-order chi connectivity index (χ0) is 18.7. The van der Waals surface area contributed by atoms with Gasteiger partial charge in [0.1, 0.15) is 0 Å². The molecule has 2 aromatic rings. The molecule has 0 unspecified atom stereocenters. The Hall–Kier alpha value is -1.77. The van der Waals surface area contributed by atoms with Crippen LogP contribution in [0.1, 0.15) is 41.8 Å². The second-order valence-electron chi connectivity index (χ2n) is 6.74. The minimum atomic E-state index is -3.60. The van der Waals surface area contributed by atoms with Gasteiger partial charge in [-0.15, -0.1) is 11.3 Å². The molecular weight excluding hydrogens is 358 g/mol. The van der Waals surface area contributed by atoms with E-state index in [1.165, 1.54) is 24.3 Å². The number of hydrogen-bond donors (Lipinski definition) is 2. The highest BCUT2D eigenvalue weighted by molar-refractivity contribution is 7.89. The molecule has 0 radical (unpaired) electrons. The molecule has 0 bridgehead atoms. The van der Waals surface area contributed by atoms with Gasteiger partial charge in [0.05, 0.1) is 15.6 Å². The predicted octanol–water partition coefficient (Wildman–Crippen LogP) is 2.50. The van der Waals surface area contributed by atoms with Gasteiger partial charge in [-0.1, -0.05) is 0 Å². The second-order valence-corrected chi connectivity index (χ2v) is 9.49. The van der Waals surface area contributed by atoms with Gasteiger partial charge < -0.3 is 5.32 Å². The molecule has 1 heterocycles. The van der Waals surface area contributed by atoms with Crippen molar-refractivity contribution in [1.29, 1.82) is 0 Å². The van der Waals surface area contributed by atoms with Gasteiger partial charge in [-0.3, -0.25) is 4.79 Å². The first kappa shape index (κ1) is 19.6. The third kappa shape index (κ3) is 5.91. The van der Waals surface area contributed by atoms with Crippen LogP contribution < -0.4 is 10.0 Å². The zero-order valence-corrected chi connectivity index (χ0v) is 16.4. The van der Waals surface area contributed by atoms with E-state index < -0.39 is 15.6 Å². The maximum atomic E-state index is 12.2. The number of carbonyl (C=O) groups is 1. The highest BCUT2D eigenvalue weighted by atomic mass is 32.2. The Balaban J connectivity index is 1.95. The van der Waals surface area contributed by atoms with Crippen LogP contribution in [0.2, 0.25) is 0 Å². The fraction of sp³-hybridized carbons (Fsp3) is 0.412. The van der Waals surface area contributed by atoms with E-state index in [1.807, 2.05) is 12.3 Å². The number of rotatable bonds is 6. The number of amides is 1. The second kappa shape index (κ2) is 7.63. The highest BCUT2D eigenvalue weighted by Gasteiger charge is 2.22. The van der Waals surface area contributed by atoms with Crippen LogP contribution in [0, 0.1) is 6.92 Å². The summed E-state index contributed by atoms with van der Waals surface area (Å²) < 4.78 is 27.1. The van der Waals surface area contributed by atoms with Gasteiger partial charge in [0.25, 0.3) is 5.91 Å². The molecule has 0 atom stereocenters. The summed E-state index contributed by atoms with van der Waals surface area (Å²) in [4.78, 5) is 16.6. The third-order valence-electron chi connectivity index (χ3n) is 3.20. The number of sulfonamides is 1. The first-order valence-electron chi connectivity index (χ1n) is 7.90. The average molecular weight is 382 g/mol. The van der Waals surface area contributed by atoms with Crippen LogP contribution in [0.5, 0.6) is 0 Å².